The number of rotatable bonds is 9. The Bertz CT molecular complexity index is 944. The van der Waals surface area contributed by atoms with Crippen LogP contribution in [0.4, 0.5) is 4.79 Å². The Kier molecular flexibility index (Phi) is 9.99. The van der Waals surface area contributed by atoms with Gasteiger partial charge in [-0.15, -0.1) is 0 Å². The van der Waals surface area contributed by atoms with Gasteiger partial charge in [0.15, 0.2) is 0 Å². The van der Waals surface area contributed by atoms with Crippen LogP contribution in [0.1, 0.15) is 87.2 Å². The van der Waals surface area contributed by atoms with Crippen molar-refractivity contribution in [2.45, 2.75) is 96.9 Å². The first-order valence-electron chi connectivity index (χ1n) is 13.5. The zero-order valence-electron chi connectivity index (χ0n) is 23.3. The van der Waals surface area contributed by atoms with Crippen LogP contribution >= 0.6 is 0 Å². The number of hydrogen-bond donors (Lipinski definition) is 1. The summed E-state index contributed by atoms with van der Waals surface area (Å²) in [6, 6.07) is 5.38. The molecule has 2 fully saturated rings. The fraction of sp³-hybridized carbons (Fsp3) is 0.690. The van der Waals surface area contributed by atoms with Crippen LogP contribution in [0.2, 0.25) is 0 Å². The van der Waals surface area contributed by atoms with Crippen LogP contribution in [-0.2, 0) is 25.6 Å². The Hall–Kier alpha value is -2.61. The summed E-state index contributed by atoms with van der Waals surface area (Å²) in [5.41, 5.74) is 1.72. The van der Waals surface area contributed by atoms with E-state index in [4.69, 9.17) is 14.2 Å². The maximum absolute atomic E-state index is 13.4. The van der Waals surface area contributed by atoms with Crippen LogP contribution in [0.25, 0.3) is 0 Å². The van der Waals surface area contributed by atoms with E-state index in [1.807, 2.05) is 57.8 Å². The van der Waals surface area contributed by atoms with Crippen LogP contribution in [0.5, 0.6) is 0 Å². The number of methoxy groups -OCH3 is 1. The van der Waals surface area contributed by atoms with E-state index in [1.54, 1.807) is 0 Å². The molecule has 0 aromatic heterocycles. The fourth-order valence-electron chi connectivity index (χ4n) is 5.13. The molecule has 37 heavy (non-hydrogen) atoms. The van der Waals surface area contributed by atoms with Crippen molar-refractivity contribution in [3.63, 3.8) is 0 Å². The number of nitrogens with one attached hydrogen (secondary N) is 1. The molecular formula is C29H44N2O6. The number of aryl methyl sites for hydroxylation is 1. The molecule has 2 saturated carbocycles. The molecule has 1 N–H and O–H groups in total. The lowest BCUT2D eigenvalue weighted by Gasteiger charge is -2.40. The van der Waals surface area contributed by atoms with Crippen LogP contribution in [-0.4, -0.2) is 61.3 Å². The predicted octanol–water partition coefficient (Wildman–Crippen LogP) is 5.01. The highest BCUT2D eigenvalue weighted by molar-refractivity contribution is 5.91. The predicted molar refractivity (Wildman–Crippen MR) is 141 cm³/mol. The number of alkyl carbamates (subject to hydrolysis) is 1. The highest BCUT2D eigenvalue weighted by Gasteiger charge is 2.38. The molecule has 1 aromatic rings. The van der Waals surface area contributed by atoms with E-state index in [9.17, 15) is 14.4 Å². The van der Waals surface area contributed by atoms with Crippen LogP contribution in [0.3, 0.4) is 0 Å². The number of esters is 1. The summed E-state index contributed by atoms with van der Waals surface area (Å²) in [5.74, 6) is 0.0413. The standard InChI is InChI=1S/C29H44N2O6/c1-19-10-13-22(24(16-19)27(33)35-6)18-36-17-20-11-14-21(15-12-20)25(30-28(34)37-29(2,3)4)26(32)31(5)23-8-7-9-23/h10,13,16,20-21,23,25H,7-9,11-12,14-15,17-18H2,1-6H3,(H,30,34)/t20-,21-,25-/m0/s1. The third-order valence-corrected chi connectivity index (χ3v) is 7.55. The molecule has 8 heteroatoms. The third-order valence-electron chi connectivity index (χ3n) is 7.55. The van der Waals surface area contributed by atoms with E-state index in [-0.39, 0.29) is 23.8 Å². The number of amides is 2. The van der Waals surface area contributed by atoms with Gasteiger partial charge in [0.25, 0.3) is 0 Å². The molecule has 2 aliphatic rings. The summed E-state index contributed by atoms with van der Waals surface area (Å²) in [6.45, 7) is 8.33. The zero-order valence-corrected chi connectivity index (χ0v) is 23.3. The van der Waals surface area contributed by atoms with Crippen LogP contribution in [0.15, 0.2) is 18.2 Å². The minimum Gasteiger partial charge on any atom is -0.465 e. The van der Waals surface area contributed by atoms with Gasteiger partial charge >= 0.3 is 12.1 Å². The van der Waals surface area contributed by atoms with Crippen molar-refractivity contribution in [2.24, 2.45) is 11.8 Å². The molecule has 1 atom stereocenters. The normalized spacial score (nSPS) is 20.9. The second kappa shape index (κ2) is 12.8. The van der Waals surface area contributed by atoms with E-state index in [2.05, 4.69) is 5.32 Å². The highest BCUT2D eigenvalue weighted by atomic mass is 16.6. The van der Waals surface area contributed by atoms with Crippen molar-refractivity contribution in [1.82, 2.24) is 10.2 Å². The van der Waals surface area contributed by atoms with Gasteiger partial charge in [-0.25, -0.2) is 9.59 Å². The Morgan fingerprint density at radius 1 is 1.08 bits per heavy atom. The third kappa shape index (κ3) is 8.19. The van der Waals surface area contributed by atoms with E-state index in [0.29, 0.717) is 24.7 Å². The van der Waals surface area contributed by atoms with Crippen molar-refractivity contribution < 1.29 is 28.6 Å². The van der Waals surface area contributed by atoms with Crippen molar-refractivity contribution in [1.29, 1.82) is 0 Å². The number of nitrogens with zero attached hydrogens (tertiary/aromatic N) is 1. The molecule has 0 saturated heterocycles. The SMILES string of the molecule is COC(=O)c1cc(C)ccc1COC[C@H]1CC[C@H]([C@H](NC(=O)OC(C)(C)C)C(=O)N(C)C2CCC2)CC1. The number of carbonyl (C=O) groups is 3. The molecule has 0 bridgehead atoms. The molecular weight excluding hydrogens is 472 g/mol. The van der Waals surface area contributed by atoms with Crippen molar-refractivity contribution in [3.8, 4) is 0 Å². The maximum Gasteiger partial charge on any atom is 0.408 e. The maximum atomic E-state index is 13.4. The Labute approximate surface area is 221 Å². The molecule has 0 radical (unpaired) electrons. The van der Waals surface area contributed by atoms with Gasteiger partial charge in [0.05, 0.1) is 19.3 Å². The van der Waals surface area contributed by atoms with Gasteiger partial charge in [-0.1, -0.05) is 17.7 Å². The number of carbonyl (C=O) groups excluding carboxylic acids is 3. The number of ether oxygens (including phenoxy) is 3. The van der Waals surface area contributed by atoms with Gasteiger partial charge in [-0.05, 0) is 96.1 Å². The first-order valence-corrected chi connectivity index (χ1v) is 13.5. The van der Waals surface area contributed by atoms with Gasteiger partial charge in [0.2, 0.25) is 5.91 Å². The number of hydrogen-bond acceptors (Lipinski definition) is 6. The monoisotopic (exact) mass is 516 g/mol. The second-order valence-electron chi connectivity index (χ2n) is 11.6. The minimum atomic E-state index is -0.627. The first-order chi connectivity index (χ1) is 17.5. The highest BCUT2D eigenvalue weighted by Crippen LogP contribution is 2.33. The van der Waals surface area contributed by atoms with Gasteiger partial charge in [-0.3, -0.25) is 4.79 Å². The Morgan fingerprint density at radius 2 is 1.76 bits per heavy atom. The lowest BCUT2D eigenvalue weighted by molar-refractivity contribution is -0.137. The summed E-state index contributed by atoms with van der Waals surface area (Å²) in [4.78, 5) is 40.0. The second-order valence-corrected chi connectivity index (χ2v) is 11.6. The summed E-state index contributed by atoms with van der Waals surface area (Å²) >= 11 is 0. The van der Waals surface area contributed by atoms with Gasteiger partial charge in [0.1, 0.15) is 11.6 Å². The first kappa shape index (κ1) is 29.0. The van der Waals surface area contributed by atoms with Crippen molar-refractivity contribution in [2.75, 3.05) is 20.8 Å². The van der Waals surface area contributed by atoms with Crippen LogP contribution < -0.4 is 5.32 Å². The number of likely N-dealkylation sites (N-methyl/N-ethyl adjacent to an activating group) is 1. The van der Waals surface area contributed by atoms with Gasteiger partial charge < -0.3 is 24.4 Å². The van der Waals surface area contributed by atoms with Crippen molar-refractivity contribution in [3.05, 3.63) is 34.9 Å². The Morgan fingerprint density at radius 3 is 2.32 bits per heavy atom. The largest absolute Gasteiger partial charge is 0.465 e. The van der Waals surface area contributed by atoms with E-state index < -0.39 is 17.7 Å². The minimum absolute atomic E-state index is 0.0232. The molecule has 8 nitrogen and oxygen atoms in total. The quantitative estimate of drug-likeness (QED) is 0.464. The molecule has 0 heterocycles. The van der Waals surface area contributed by atoms with Gasteiger partial charge in [-0.2, -0.15) is 0 Å². The zero-order chi connectivity index (χ0) is 27.2. The van der Waals surface area contributed by atoms with E-state index in [0.717, 1.165) is 56.1 Å². The smallest absolute Gasteiger partial charge is 0.408 e. The molecule has 2 amide bonds. The molecule has 0 unspecified atom stereocenters. The van der Waals surface area contributed by atoms with Crippen molar-refractivity contribution >= 4 is 18.0 Å². The molecule has 0 spiro atoms. The molecule has 2 aliphatic carbocycles. The van der Waals surface area contributed by atoms with Crippen LogP contribution in [0, 0.1) is 18.8 Å². The summed E-state index contributed by atoms with van der Waals surface area (Å²) in [5, 5.41) is 2.91. The summed E-state index contributed by atoms with van der Waals surface area (Å²) in [7, 11) is 3.23. The van der Waals surface area contributed by atoms with Gasteiger partial charge in [0, 0.05) is 19.7 Å². The Balaban J connectivity index is 1.56. The number of benzene rings is 1. The summed E-state index contributed by atoms with van der Waals surface area (Å²) < 4.78 is 16.4. The lowest BCUT2D eigenvalue weighted by Crippen LogP contribution is -2.55. The summed E-state index contributed by atoms with van der Waals surface area (Å²) in [6.07, 6.45) is 6.12. The molecule has 1 aromatic carbocycles. The fourth-order valence-corrected chi connectivity index (χ4v) is 5.13. The topological polar surface area (TPSA) is 94.2 Å². The van der Waals surface area contributed by atoms with E-state index >= 15 is 0 Å². The lowest BCUT2D eigenvalue weighted by atomic mass is 9.78. The molecule has 206 valence electrons. The molecule has 3 rings (SSSR count). The van der Waals surface area contributed by atoms with E-state index in [1.165, 1.54) is 7.11 Å². The average molecular weight is 517 g/mol. The average Bonchev–Trinajstić information content (AvgIpc) is 2.80. The molecule has 0 aliphatic heterocycles.